The molecule has 1 saturated heterocycles. The van der Waals surface area contributed by atoms with Crippen molar-refractivity contribution in [3.8, 4) is 0 Å². The second-order valence-electron chi connectivity index (χ2n) is 7.04. The fraction of sp³-hybridized carbons (Fsp3) is 0.500. The van der Waals surface area contributed by atoms with Crippen LogP contribution in [0, 0.1) is 5.41 Å². The molecule has 1 aliphatic heterocycles. The molecule has 0 saturated carbocycles. The van der Waals surface area contributed by atoms with Gasteiger partial charge in [0.15, 0.2) is 9.84 Å². The Hall–Kier alpha value is -1.31. The monoisotopic (exact) mass is 407 g/mol. The van der Waals surface area contributed by atoms with Gasteiger partial charge in [-0.05, 0) is 24.6 Å². The average Bonchev–Trinajstić information content (AvgIpc) is 2.90. The number of sulfone groups is 1. The highest BCUT2D eigenvalue weighted by molar-refractivity contribution is 7.92. The van der Waals surface area contributed by atoms with Gasteiger partial charge < -0.3 is 10.0 Å². The van der Waals surface area contributed by atoms with E-state index in [1.54, 1.807) is 20.8 Å². The number of rotatable bonds is 3. The minimum absolute atomic E-state index is 0.0278. The van der Waals surface area contributed by atoms with Crippen molar-refractivity contribution < 1.29 is 23.1 Å². The molecule has 1 N–H and O–H groups in total. The zero-order chi connectivity index (χ0) is 19.2. The molecule has 0 bridgehead atoms. The number of halogens is 2. The van der Waals surface area contributed by atoms with Crippen LogP contribution in [0.3, 0.4) is 0 Å². The van der Waals surface area contributed by atoms with Gasteiger partial charge in [0.05, 0.1) is 15.2 Å². The van der Waals surface area contributed by atoms with Crippen molar-refractivity contribution >= 4 is 44.9 Å². The first-order valence-electron chi connectivity index (χ1n) is 7.58. The van der Waals surface area contributed by atoms with Crippen LogP contribution in [-0.4, -0.2) is 48.1 Å². The Morgan fingerprint density at radius 1 is 1.24 bits per heavy atom. The van der Waals surface area contributed by atoms with E-state index >= 15 is 0 Å². The SMILES string of the molecule is CC(C)(C)C(=O)N1CC(S(=O)(=O)c2ccc(Cl)cc2Cl)CC1C(=O)O. The zero-order valence-corrected chi connectivity index (χ0v) is 16.3. The summed E-state index contributed by atoms with van der Waals surface area (Å²) in [5.41, 5.74) is -0.815. The van der Waals surface area contributed by atoms with E-state index in [1.807, 2.05) is 0 Å². The van der Waals surface area contributed by atoms with Crippen LogP contribution >= 0.6 is 23.2 Å². The van der Waals surface area contributed by atoms with Gasteiger partial charge in [0.2, 0.25) is 5.91 Å². The van der Waals surface area contributed by atoms with Crippen molar-refractivity contribution in [2.45, 2.75) is 43.4 Å². The summed E-state index contributed by atoms with van der Waals surface area (Å²) in [6, 6.07) is 2.83. The molecule has 1 aliphatic rings. The lowest BCUT2D eigenvalue weighted by atomic mass is 9.94. The average molecular weight is 408 g/mol. The van der Waals surface area contributed by atoms with Crippen LogP contribution in [0.4, 0.5) is 0 Å². The molecule has 1 fully saturated rings. The molecule has 0 aromatic heterocycles. The number of likely N-dealkylation sites (tertiary alicyclic amines) is 1. The number of carbonyl (C=O) groups excluding carboxylic acids is 1. The number of nitrogens with zero attached hydrogens (tertiary/aromatic N) is 1. The topological polar surface area (TPSA) is 91.8 Å². The maximum atomic E-state index is 12.9. The third-order valence-electron chi connectivity index (χ3n) is 4.09. The van der Waals surface area contributed by atoms with Gasteiger partial charge in [-0.15, -0.1) is 0 Å². The number of hydrogen-bond acceptors (Lipinski definition) is 4. The van der Waals surface area contributed by atoms with Crippen LogP contribution in [0.15, 0.2) is 23.1 Å². The van der Waals surface area contributed by atoms with Crippen molar-refractivity contribution in [1.82, 2.24) is 4.90 Å². The molecule has 0 radical (unpaired) electrons. The largest absolute Gasteiger partial charge is 0.480 e. The number of aliphatic carboxylic acids is 1. The van der Waals surface area contributed by atoms with Crippen LogP contribution in [0.1, 0.15) is 27.2 Å². The molecule has 2 atom stereocenters. The molecule has 1 amide bonds. The summed E-state index contributed by atoms with van der Waals surface area (Å²) in [6.45, 7) is 4.79. The zero-order valence-electron chi connectivity index (χ0n) is 14.0. The van der Waals surface area contributed by atoms with E-state index in [0.717, 1.165) is 4.90 Å². The fourth-order valence-corrected chi connectivity index (χ4v) is 5.27. The van der Waals surface area contributed by atoms with Crippen LogP contribution in [0.25, 0.3) is 0 Å². The van der Waals surface area contributed by atoms with E-state index in [9.17, 15) is 23.1 Å². The third kappa shape index (κ3) is 3.93. The standard InChI is InChI=1S/C16H19Cl2NO5S/c1-16(2,3)15(22)19-8-10(7-12(19)14(20)21)25(23,24)13-5-4-9(17)6-11(13)18/h4-6,10,12H,7-8H2,1-3H3,(H,20,21). The maximum Gasteiger partial charge on any atom is 0.326 e. The summed E-state index contributed by atoms with van der Waals surface area (Å²) in [6.07, 6.45) is -0.182. The van der Waals surface area contributed by atoms with E-state index in [1.165, 1.54) is 18.2 Å². The molecule has 6 nitrogen and oxygen atoms in total. The van der Waals surface area contributed by atoms with Crippen molar-refractivity contribution in [3.63, 3.8) is 0 Å². The first kappa shape index (κ1) is 20.0. The van der Waals surface area contributed by atoms with Gasteiger partial charge in [0.1, 0.15) is 6.04 Å². The molecular weight excluding hydrogens is 389 g/mol. The number of hydrogen-bond donors (Lipinski definition) is 1. The van der Waals surface area contributed by atoms with Gasteiger partial charge in [-0.1, -0.05) is 44.0 Å². The molecule has 2 rings (SSSR count). The van der Waals surface area contributed by atoms with Crippen molar-refractivity contribution in [2.75, 3.05) is 6.54 Å². The summed E-state index contributed by atoms with van der Waals surface area (Å²) in [5, 5.41) is 8.64. The van der Waals surface area contributed by atoms with Crippen LogP contribution < -0.4 is 0 Å². The quantitative estimate of drug-likeness (QED) is 0.831. The Balaban J connectivity index is 2.40. The highest BCUT2D eigenvalue weighted by atomic mass is 35.5. The molecule has 138 valence electrons. The lowest BCUT2D eigenvalue weighted by Gasteiger charge is -2.28. The van der Waals surface area contributed by atoms with E-state index in [2.05, 4.69) is 0 Å². The van der Waals surface area contributed by atoms with Gasteiger partial charge in [0, 0.05) is 17.0 Å². The van der Waals surface area contributed by atoms with Gasteiger partial charge in [-0.3, -0.25) is 4.79 Å². The first-order valence-corrected chi connectivity index (χ1v) is 9.88. The normalized spacial score (nSPS) is 21.4. The lowest BCUT2D eigenvalue weighted by molar-refractivity contribution is -0.151. The summed E-state index contributed by atoms with van der Waals surface area (Å²) in [7, 11) is -3.91. The fourth-order valence-electron chi connectivity index (χ4n) is 2.80. The van der Waals surface area contributed by atoms with Gasteiger partial charge in [-0.25, -0.2) is 13.2 Å². The summed E-state index contributed by atoms with van der Waals surface area (Å²) >= 11 is 11.8. The van der Waals surface area contributed by atoms with Crippen molar-refractivity contribution in [3.05, 3.63) is 28.2 Å². The number of carboxylic acids is 1. The Kier molecular flexibility index (Phi) is 5.42. The second kappa shape index (κ2) is 6.78. The van der Waals surface area contributed by atoms with Crippen molar-refractivity contribution in [1.29, 1.82) is 0 Å². The van der Waals surface area contributed by atoms with E-state index < -0.39 is 38.4 Å². The Morgan fingerprint density at radius 2 is 1.84 bits per heavy atom. The summed E-state index contributed by atoms with van der Waals surface area (Å²) < 4.78 is 25.8. The first-order chi connectivity index (χ1) is 11.4. The molecule has 25 heavy (non-hydrogen) atoms. The predicted molar refractivity (Wildman–Crippen MR) is 94.6 cm³/mol. The summed E-state index contributed by atoms with van der Waals surface area (Å²) in [4.78, 5) is 25.1. The smallest absolute Gasteiger partial charge is 0.326 e. The molecule has 2 unspecified atom stereocenters. The predicted octanol–water partition coefficient (Wildman–Crippen LogP) is 2.87. The van der Waals surface area contributed by atoms with Crippen molar-refractivity contribution in [2.24, 2.45) is 5.41 Å². The Labute approximate surface area is 156 Å². The molecular formula is C16H19Cl2NO5S. The second-order valence-corrected chi connectivity index (χ2v) is 10.1. The van der Waals surface area contributed by atoms with Crippen LogP contribution in [0.5, 0.6) is 0 Å². The highest BCUT2D eigenvalue weighted by Gasteiger charge is 2.47. The van der Waals surface area contributed by atoms with E-state index in [0.29, 0.717) is 5.02 Å². The number of benzene rings is 1. The molecule has 1 aromatic rings. The van der Waals surface area contributed by atoms with E-state index in [-0.39, 0.29) is 22.9 Å². The molecule has 0 spiro atoms. The molecule has 9 heteroatoms. The number of carbonyl (C=O) groups is 2. The van der Waals surface area contributed by atoms with Gasteiger partial charge >= 0.3 is 5.97 Å². The third-order valence-corrected chi connectivity index (χ3v) is 6.94. The van der Waals surface area contributed by atoms with Gasteiger partial charge in [-0.2, -0.15) is 0 Å². The Bertz CT molecular complexity index is 816. The molecule has 1 heterocycles. The summed E-state index contributed by atoms with van der Waals surface area (Å²) in [5.74, 6) is -1.63. The number of amides is 1. The number of carboxylic acid groups (broad SMARTS) is 1. The van der Waals surface area contributed by atoms with Crippen LogP contribution in [0.2, 0.25) is 10.0 Å². The lowest BCUT2D eigenvalue weighted by Crippen LogP contribution is -2.46. The maximum absolute atomic E-state index is 12.9. The minimum atomic E-state index is -3.91. The highest BCUT2D eigenvalue weighted by Crippen LogP contribution is 2.34. The van der Waals surface area contributed by atoms with E-state index in [4.69, 9.17) is 23.2 Å². The molecule has 1 aromatic carbocycles. The van der Waals surface area contributed by atoms with Crippen LogP contribution in [-0.2, 0) is 19.4 Å². The van der Waals surface area contributed by atoms with Gasteiger partial charge in [0.25, 0.3) is 0 Å². The Morgan fingerprint density at radius 3 is 2.32 bits per heavy atom. The minimum Gasteiger partial charge on any atom is -0.480 e. The molecule has 0 aliphatic carbocycles.